The van der Waals surface area contributed by atoms with E-state index in [1.807, 2.05) is 18.2 Å². The Bertz CT molecular complexity index is 858. The second kappa shape index (κ2) is 6.15. The molecule has 0 unspecified atom stereocenters. The molecule has 1 aromatic carbocycles. The lowest BCUT2D eigenvalue weighted by Gasteiger charge is -2.06. The molecule has 5 heteroatoms. The van der Waals surface area contributed by atoms with Crippen molar-refractivity contribution in [2.24, 2.45) is 0 Å². The zero-order valence-electron chi connectivity index (χ0n) is 13.7. The first-order valence-electron chi connectivity index (χ1n) is 8.35. The number of ketones is 1. The summed E-state index contributed by atoms with van der Waals surface area (Å²) in [7, 11) is 1.62. The number of hydrogen-bond acceptors (Lipinski definition) is 4. The Hall–Kier alpha value is -2.56. The van der Waals surface area contributed by atoms with Crippen LogP contribution in [0.4, 0.5) is 0 Å². The molecule has 0 aliphatic heterocycles. The molecule has 0 saturated heterocycles. The number of rotatable bonds is 5. The third-order valence-corrected chi connectivity index (χ3v) is 4.83. The van der Waals surface area contributed by atoms with Gasteiger partial charge in [0.05, 0.1) is 20.0 Å². The fraction of sp³-hybridized carbons (Fsp3) is 0.368. The molecule has 1 aliphatic rings. The van der Waals surface area contributed by atoms with Crippen LogP contribution in [-0.2, 0) is 6.54 Å². The van der Waals surface area contributed by atoms with E-state index in [2.05, 4.69) is 4.98 Å². The highest BCUT2D eigenvalue weighted by Gasteiger charge is 2.24. The molecule has 3 aromatic rings. The van der Waals surface area contributed by atoms with Crippen molar-refractivity contribution in [3.63, 3.8) is 0 Å². The average molecular weight is 324 g/mol. The summed E-state index contributed by atoms with van der Waals surface area (Å²) < 4.78 is 13.3. The zero-order valence-corrected chi connectivity index (χ0v) is 13.7. The van der Waals surface area contributed by atoms with Crippen LogP contribution in [0.3, 0.4) is 0 Å². The number of carbonyl (C=O) groups excluding carboxylic acids is 1. The minimum absolute atomic E-state index is 0.0411. The first-order valence-corrected chi connectivity index (χ1v) is 8.35. The Morgan fingerprint density at radius 2 is 2.21 bits per heavy atom. The van der Waals surface area contributed by atoms with E-state index < -0.39 is 0 Å². The van der Waals surface area contributed by atoms with Crippen molar-refractivity contribution in [1.82, 2.24) is 9.55 Å². The molecular formula is C19H20N2O3. The van der Waals surface area contributed by atoms with Gasteiger partial charge < -0.3 is 13.7 Å². The molecule has 0 radical (unpaired) electrons. The maximum Gasteiger partial charge on any atom is 0.183 e. The van der Waals surface area contributed by atoms with E-state index in [-0.39, 0.29) is 12.3 Å². The van der Waals surface area contributed by atoms with E-state index >= 15 is 0 Å². The predicted octanol–water partition coefficient (Wildman–Crippen LogP) is 4.18. The summed E-state index contributed by atoms with van der Waals surface area (Å²) in [4.78, 5) is 16.7. The molecule has 0 spiro atoms. The number of Topliss-reactive ketones (excluding diaryl/α,β-unsaturated/α-hetero) is 1. The van der Waals surface area contributed by atoms with Crippen LogP contribution >= 0.6 is 0 Å². The summed E-state index contributed by atoms with van der Waals surface area (Å²) in [5.74, 6) is 2.15. The molecular weight excluding hydrogens is 304 g/mol. The summed E-state index contributed by atoms with van der Waals surface area (Å²) in [5, 5.41) is 0.848. The highest BCUT2D eigenvalue weighted by atomic mass is 16.5. The Labute approximate surface area is 140 Å². The lowest BCUT2D eigenvalue weighted by Crippen LogP contribution is -2.09. The number of fused-ring (bicyclic) bond motifs is 1. The van der Waals surface area contributed by atoms with Gasteiger partial charge in [-0.2, -0.15) is 0 Å². The molecule has 24 heavy (non-hydrogen) atoms. The molecule has 1 fully saturated rings. The first kappa shape index (κ1) is 15.0. The van der Waals surface area contributed by atoms with Gasteiger partial charge in [-0.25, -0.2) is 4.98 Å². The van der Waals surface area contributed by atoms with Gasteiger partial charge in [0.1, 0.15) is 5.76 Å². The minimum atomic E-state index is 0.0411. The average Bonchev–Trinajstić information content (AvgIpc) is 3.33. The van der Waals surface area contributed by atoms with E-state index in [1.165, 1.54) is 12.8 Å². The molecule has 5 nitrogen and oxygen atoms in total. The summed E-state index contributed by atoms with van der Waals surface area (Å²) in [6.45, 7) is 0.269. The lowest BCUT2D eigenvalue weighted by molar-refractivity contribution is 0.0973. The summed E-state index contributed by atoms with van der Waals surface area (Å²) in [5.41, 5.74) is 1.35. The molecule has 4 rings (SSSR count). The van der Waals surface area contributed by atoms with E-state index in [4.69, 9.17) is 9.15 Å². The standard InChI is InChI=1S/C19H20N2O3/c1-23-17-7-6-14(16(22)11-21-9-8-20-12-21)15-10-18(24-19(15)17)13-4-2-3-5-13/h6-10,12-13H,2-5,11H2,1H3. The fourth-order valence-corrected chi connectivity index (χ4v) is 3.56. The van der Waals surface area contributed by atoms with E-state index in [9.17, 15) is 4.79 Å². The smallest absolute Gasteiger partial charge is 0.183 e. The van der Waals surface area contributed by atoms with Gasteiger partial charge in [-0.3, -0.25) is 4.79 Å². The monoisotopic (exact) mass is 324 g/mol. The summed E-state index contributed by atoms with van der Waals surface area (Å²) in [6, 6.07) is 5.68. The summed E-state index contributed by atoms with van der Waals surface area (Å²) >= 11 is 0. The number of hydrogen-bond donors (Lipinski definition) is 0. The number of carbonyl (C=O) groups is 1. The van der Waals surface area contributed by atoms with Crippen molar-refractivity contribution in [3.8, 4) is 5.75 Å². The number of ether oxygens (including phenoxy) is 1. The van der Waals surface area contributed by atoms with E-state index in [1.54, 1.807) is 30.4 Å². The van der Waals surface area contributed by atoms with Crippen LogP contribution in [0.5, 0.6) is 5.75 Å². The van der Waals surface area contributed by atoms with E-state index in [0.717, 1.165) is 24.0 Å². The molecule has 1 saturated carbocycles. The molecule has 124 valence electrons. The quantitative estimate of drug-likeness (QED) is 0.661. The lowest BCUT2D eigenvalue weighted by atomic mass is 10.0. The van der Waals surface area contributed by atoms with Crippen LogP contribution in [0.15, 0.2) is 41.3 Å². The Kier molecular flexibility index (Phi) is 3.84. The highest BCUT2D eigenvalue weighted by Crippen LogP contribution is 2.40. The maximum atomic E-state index is 12.7. The van der Waals surface area contributed by atoms with Crippen molar-refractivity contribution in [1.29, 1.82) is 0 Å². The van der Waals surface area contributed by atoms with Gasteiger partial charge >= 0.3 is 0 Å². The zero-order chi connectivity index (χ0) is 16.5. The number of furan rings is 1. The topological polar surface area (TPSA) is 57.3 Å². The summed E-state index contributed by atoms with van der Waals surface area (Å²) in [6.07, 6.45) is 9.90. The number of imidazole rings is 1. The van der Waals surface area contributed by atoms with Gasteiger partial charge in [-0.15, -0.1) is 0 Å². The molecule has 0 N–H and O–H groups in total. The fourth-order valence-electron chi connectivity index (χ4n) is 3.56. The Morgan fingerprint density at radius 3 is 2.92 bits per heavy atom. The Morgan fingerprint density at radius 1 is 1.38 bits per heavy atom. The van der Waals surface area contributed by atoms with Crippen LogP contribution < -0.4 is 4.74 Å². The van der Waals surface area contributed by atoms with Crippen LogP contribution in [0.25, 0.3) is 11.0 Å². The largest absolute Gasteiger partial charge is 0.493 e. The second-order valence-electron chi connectivity index (χ2n) is 6.35. The van der Waals surface area contributed by atoms with Crippen molar-refractivity contribution >= 4 is 16.8 Å². The molecule has 2 aromatic heterocycles. The van der Waals surface area contributed by atoms with Crippen molar-refractivity contribution in [2.45, 2.75) is 38.1 Å². The van der Waals surface area contributed by atoms with Crippen LogP contribution in [0.2, 0.25) is 0 Å². The minimum Gasteiger partial charge on any atom is -0.493 e. The van der Waals surface area contributed by atoms with Gasteiger partial charge in [-0.05, 0) is 31.0 Å². The molecule has 1 aliphatic carbocycles. The highest BCUT2D eigenvalue weighted by molar-refractivity contribution is 6.08. The van der Waals surface area contributed by atoms with Gasteiger partial charge in [0, 0.05) is 29.3 Å². The number of aromatic nitrogens is 2. The van der Waals surface area contributed by atoms with Gasteiger partial charge in [0.15, 0.2) is 17.1 Å². The predicted molar refractivity (Wildman–Crippen MR) is 90.5 cm³/mol. The molecule has 2 heterocycles. The van der Waals surface area contributed by atoms with Crippen LogP contribution in [-0.4, -0.2) is 22.4 Å². The third kappa shape index (κ3) is 2.60. The van der Waals surface area contributed by atoms with Gasteiger partial charge in [0.2, 0.25) is 0 Å². The first-order chi connectivity index (χ1) is 11.8. The Balaban J connectivity index is 1.76. The number of benzene rings is 1. The maximum absolute atomic E-state index is 12.7. The molecule has 0 bridgehead atoms. The van der Waals surface area contributed by atoms with Crippen LogP contribution in [0, 0.1) is 0 Å². The normalized spacial score (nSPS) is 15.2. The van der Waals surface area contributed by atoms with Crippen molar-refractivity contribution in [3.05, 3.63) is 48.2 Å². The van der Waals surface area contributed by atoms with Crippen molar-refractivity contribution in [2.75, 3.05) is 7.11 Å². The molecule has 0 atom stereocenters. The SMILES string of the molecule is COc1ccc(C(=O)Cn2ccnc2)c2cc(C3CCCC3)oc12. The second-order valence-corrected chi connectivity index (χ2v) is 6.35. The van der Waals surface area contributed by atoms with Crippen molar-refractivity contribution < 1.29 is 13.9 Å². The number of nitrogens with zero attached hydrogens (tertiary/aromatic N) is 2. The van der Waals surface area contributed by atoms with Crippen LogP contribution in [0.1, 0.15) is 47.7 Å². The molecule has 0 amide bonds. The van der Waals surface area contributed by atoms with Gasteiger partial charge in [-0.1, -0.05) is 12.8 Å². The van der Waals surface area contributed by atoms with Gasteiger partial charge in [0.25, 0.3) is 0 Å². The third-order valence-electron chi connectivity index (χ3n) is 4.83. The van der Waals surface area contributed by atoms with E-state index in [0.29, 0.717) is 22.8 Å². The number of methoxy groups -OCH3 is 1.